The van der Waals surface area contributed by atoms with Crippen LogP contribution in [-0.4, -0.2) is 34.5 Å². The van der Waals surface area contributed by atoms with Gasteiger partial charge >= 0.3 is 5.97 Å². The zero-order valence-corrected chi connectivity index (χ0v) is 13.6. The van der Waals surface area contributed by atoms with E-state index in [4.69, 9.17) is 0 Å². The number of hydrogen-bond donors (Lipinski definition) is 1. The molecule has 0 aromatic heterocycles. The van der Waals surface area contributed by atoms with Crippen molar-refractivity contribution in [1.29, 1.82) is 0 Å². The monoisotopic (exact) mass is 297 g/mol. The highest BCUT2D eigenvalue weighted by Crippen LogP contribution is 2.24. The standard InChI is InChI=1S/C17H31NO3/c1-3-4-5-6-7-8-9-10-16(19)18-12-11-14(2)13-15(18)17(20)21/h14-15H,3-13H2,1-2H3,(H,20,21). The molecular weight excluding hydrogens is 266 g/mol. The topological polar surface area (TPSA) is 57.6 Å². The van der Waals surface area contributed by atoms with Crippen molar-refractivity contribution in [2.45, 2.75) is 84.1 Å². The molecule has 4 nitrogen and oxygen atoms in total. The molecular formula is C17H31NO3. The summed E-state index contributed by atoms with van der Waals surface area (Å²) in [6, 6.07) is -0.606. The number of carbonyl (C=O) groups excluding carboxylic acids is 1. The average Bonchev–Trinajstić information content (AvgIpc) is 2.46. The van der Waals surface area contributed by atoms with Crippen LogP contribution in [0, 0.1) is 5.92 Å². The molecule has 1 heterocycles. The van der Waals surface area contributed by atoms with Crippen molar-refractivity contribution in [3.63, 3.8) is 0 Å². The first-order chi connectivity index (χ1) is 10.1. The van der Waals surface area contributed by atoms with Gasteiger partial charge in [0, 0.05) is 13.0 Å². The fraction of sp³-hybridized carbons (Fsp3) is 0.882. The van der Waals surface area contributed by atoms with Gasteiger partial charge in [0.15, 0.2) is 0 Å². The third kappa shape index (κ3) is 6.49. The molecule has 122 valence electrons. The molecule has 0 aromatic carbocycles. The SMILES string of the molecule is CCCCCCCCCC(=O)N1CCC(C)CC1C(=O)O. The molecule has 0 saturated carbocycles. The summed E-state index contributed by atoms with van der Waals surface area (Å²) >= 11 is 0. The number of carboxylic acid groups (broad SMARTS) is 1. The molecule has 1 saturated heterocycles. The molecule has 2 atom stereocenters. The van der Waals surface area contributed by atoms with Crippen LogP contribution >= 0.6 is 0 Å². The molecule has 1 N–H and O–H groups in total. The predicted octanol–water partition coefficient (Wildman–Crippen LogP) is 3.84. The molecule has 0 radical (unpaired) electrons. The maximum Gasteiger partial charge on any atom is 0.326 e. The quantitative estimate of drug-likeness (QED) is 0.658. The molecule has 4 heteroatoms. The van der Waals surface area contributed by atoms with E-state index in [9.17, 15) is 14.7 Å². The van der Waals surface area contributed by atoms with Gasteiger partial charge in [0.1, 0.15) is 6.04 Å². The van der Waals surface area contributed by atoms with Crippen LogP contribution in [0.1, 0.15) is 78.1 Å². The Kier molecular flexibility index (Phi) is 8.40. The third-order valence-corrected chi connectivity index (χ3v) is 4.46. The smallest absolute Gasteiger partial charge is 0.326 e. The third-order valence-electron chi connectivity index (χ3n) is 4.46. The maximum atomic E-state index is 12.2. The molecule has 1 aliphatic heterocycles. The van der Waals surface area contributed by atoms with Crippen molar-refractivity contribution < 1.29 is 14.7 Å². The lowest BCUT2D eigenvalue weighted by Crippen LogP contribution is -2.49. The van der Waals surface area contributed by atoms with Gasteiger partial charge in [-0.2, -0.15) is 0 Å². The average molecular weight is 297 g/mol. The highest BCUT2D eigenvalue weighted by molar-refractivity contribution is 5.83. The van der Waals surface area contributed by atoms with Gasteiger partial charge in [0.05, 0.1) is 0 Å². The number of hydrogen-bond acceptors (Lipinski definition) is 2. The van der Waals surface area contributed by atoms with Crippen molar-refractivity contribution >= 4 is 11.9 Å². The lowest BCUT2D eigenvalue weighted by Gasteiger charge is -2.36. The summed E-state index contributed by atoms with van der Waals surface area (Å²) in [5, 5.41) is 9.27. The Morgan fingerprint density at radius 1 is 1.10 bits per heavy atom. The van der Waals surface area contributed by atoms with E-state index in [1.54, 1.807) is 4.90 Å². The number of piperidine rings is 1. The first-order valence-corrected chi connectivity index (χ1v) is 8.58. The van der Waals surface area contributed by atoms with E-state index in [0.717, 1.165) is 19.3 Å². The molecule has 0 spiro atoms. The first-order valence-electron chi connectivity index (χ1n) is 8.58. The molecule has 0 aromatic rings. The van der Waals surface area contributed by atoms with E-state index < -0.39 is 12.0 Å². The summed E-state index contributed by atoms with van der Waals surface area (Å²) in [6.07, 6.45) is 10.3. The fourth-order valence-electron chi connectivity index (χ4n) is 3.05. The number of likely N-dealkylation sites (tertiary alicyclic amines) is 1. The first kappa shape index (κ1) is 18.0. The lowest BCUT2D eigenvalue weighted by molar-refractivity contribution is -0.153. The molecule has 1 rings (SSSR count). The molecule has 2 unspecified atom stereocenters. The van der Waals surface area contributed by atoms with E-state index in [1.165, 1.54) is 32.1 Å². The zero-order valence-electron chi connectivity index (χ0n) is 13.6. The Hall–Kier alpha value is -1.06. The van der Waals surface area contributed by atoms with E-state index in [-0.39, 0.29) is 5.91 Å². The lowest BCUT2D eigenvalue weighted by atomic mass is 9.92. The number of nitrogens with zero attached hydrogens (tertiary/aromatic N) is 1. The van der Waals surface area contributed by atoms with Crippen LogP contribution in [0.4, 0.5) is 0 Å². The molecule has 21 heavy (non-hydrogen) atoms. The van der Waals surface area contributed by atoms with Crippen molar-refractivity contribution in [3.05, 3.63) is 0 Å². The van der Waals surface area contributed by atoms with E-state index in [2.05, 4.69) is 13.8 Å². The number of carbonyl (C=O) groups is 2. The molecule has 1 amide bonds. The van der Waals surface area contributed by atoms with Crippen LogP contribution in [0.5, 0.6) is 0 Å². The summed E-state index contributed by atoms with van der Waals surface area (Å²) in [7, 11) is 0. The van der Waals surface area contributed by atoms with Gasteiger partial charge in [-0.05, 0) is 25.2 Å². The number of amides is 1. The fourth-order valence-corrected chi connectivity index (χ4v) is 3.05. The minimum Gasteiger partial charge on any atom is -0.480 e. The summed E-state index contributed by atoms with van der Waals surface area (Å²) in [5.41, 5.74) is 0. The number of carboxylic acids is 1. The van der Waals surface area contributed by atoms with Crippen LogP contribution in [0.25, 0.3) is 0 Å². The Bertz CT molecular complexity index is 330. The Balaban J connectivity index is 2.25. The van der Waals surface area contributed by atoms with Gasteiger partial charge in [0.2, 0.25) is 5.91 Å². The number of aliphatic carboxylic acids is 1. The van der Waals surface area contributed by atoms with Crippen LogP contribution in [-0.2, 0) is 9.59 Å². The second kappa shape index (κ2) is 9.80. The van der Waals surface area contributed by atoms with Gasteiger partial charge in [-0.3, -0.25) is 4.79 Å². The van der Waals surface area contributed by atoms with Crippen LogP contribution in [0.15, 0.2) is 0 Å². The summed E-state index contributed by atoms with van der Waals surface area (Å²) in [6.45, 7) is 4.87. The largest absolute Gasteiger partial charge is 0.480 e. The van der Waals surface area contributed by atoms with Gasteiger partial charge < -0.3 is 10.0 Å². The number of rotatable bonds is 9. The maximum absolute atomic E-state index is 12.2. The summed E-state index contributed by atoms with van der Waals surface area (Å²) in [4.78, 5) is 25.1. The van der Waals surface area contributed by atoms with Crippen molar-refractivity contribution in [3.8, 4) is 0 Å². The van der Waals surface area contributed by atoms with E-state index >= 15 is 0 Å². The van der Waals surface area contributed by atoms with Crippen LogP contribution < -0.4 is 0 Å². The van der Waals surface area contributed by atoms with Gasteiger partial charge in [0.25, 0.3) is 0 Å². The molecule has 0 aliphatic carbocycles. The van der Waals surface area contributed by atoms with Crippen LogP contribution in [0.2, 0.25) is 0 Å². The molecule has 0 bridgehead atoms. The van der Waals surface area contributed by atoms with Crippen molar-refractivity contribution in [2.24, 2.45) is 5.92 Å². The van der Waals surface area contributed by atoms with Gasteiger partial charge in [-0.1, -0.05) is 52.4 Å². The normalized spacial score (nSPS) is 22.3. The highest BCUT2D eigenvalue weighted by Gasteiger charge is 2.34. The number of unbranched alkanes of at least 4 members (excludes halogenated alkanes) is 6. The van der Waals surface area contributed by atoms with Gasteiger partial charge in [-0.15, -0.1) is 0 Å². The second-order valence-electron chi connectivity index (χ2n) is 6.44. The minimum absolute atomic E-state index is 0.0304. The molecule has 1 aliphatic rings. The Morgan fingerprint density at radius 2 is 1.71 bits per heavy atom. The van der Waals surface area contributed by atoms with Gasteiger partial charge in [-0.25, -0.2) is 4.79 Å². The van der Waals surface area contributed by atoms with Crippen molar-refractivity contribution in [1.82, 2.24) is 4.90 Å². The highest BCUT2D eigenvalue weighted by atomic mass is 16.4. The summed E-state index contributed by atoms with van der Waals surface area (Å²) < 4.78 is 0. The predicted molar refractivity (Wildman–Crippen MR) is 84.1 cm³/mol. The van der Waals surface area contributed by atoms with Crippen LogP contribution in [0.3, 0.4) is 0 Å². The minimum atomic E-state index is -0.852. The zero-order chi connectivity index (χ0) is 15.7. The molecule has 1 fully saturated rings. The summed E-state index contributed by atoms with van der Waals surface area (Å²) in [5.74, 6) is -0.425. The Morgan fingerprint density at radius 3 is 2.33 bits per heavy atom. The van der Waals surface area contributed by atoms with E-state index in [1.807, 2.05) is 0 Å². The van der Waals surface area contributed by atoms with E-state index in [0.29, 0.717) is 25.3 Å². The second-order valence-corrected chi connectivity index (χ2v) is 6.44. The Labute approximate surface area is 128 Å². The van der Waals surface area contributed by atoms with Crippen molar-refractivity contribution in [2.75, 3.05) is 6.54 Å².